The van der Waals surface area contributed by atoms with Gasteiger partial charge in [-0.3, -0.25) is 19.3 Å². The van der Waals surface area contributed by atoms with E-state index in [2.05, 4.69) is 21.2 Å². The van der Waals surface area contributed by atoms with Crippen LogP contribution in [0.15, 0.2) is 57.9 Å². The highest BCUT2D eigenvalue weighted by Crippen LogP contribution is 2.32. The maximum absolute atomic E-state index is 12.5. The first kappa shape index (κ1) is 18.9. The lowest BCUT2D eigenvalue weighted by atomic mass is 10.1. The molecule has 1 aliphatic heterocycles. The molecule has 3 rings (SSSR count). The van der Waals surface area contributed by atoms with Crippen molar-refractivity contribution in [3.8, 4) is 6.07 Å². The Bertz CT molecular complexity index is 996. The predicted molar refractivity (Wildman–Crippen MR) is 107 cm³/mol. The number of halogens is 1. The molecule has 3 amide bonds. The fraction of sp³-hybridized carbons (Fsp3) is 0.0526. The van der Waals surface area contributed by atoms with E-state index < -0.39 is 17.1 Å². The summed E-state index contributed by atoms with van der Waals surface area (Å²) < 4.78 is 0.702. The molecule has 0 radical (unpaired) electrons. The third kappa shape index (κ3) is 4.45. The minimum atomic E-state index is -0.517. The third-order valence-electron chi connectivity index (χ3n) is 3.66. The summed E-state index contributed by atoms with van der Waals surface area (Å²) in [5.41, 5.74) is 1.75. The van der Waals surface area contributed by atoms with Gasteiger partial charge >= 0.3 is 0 Å². The lowest BCUT2D eigenvalue weighted by Crippen LogP contribution is -2.36. The van der Waals surface area contributed by atoms with Crippen LogP contribution in [0.25, 0.3) is 6.08 Å². The van der Waals surface area contributed by atoms with E-state index in [1.807, 2.05) is 12.1 Å². The van der Waals surface area contributed by atoms with Crippen LogP contribution in [0, 0.1) is 11.3 Å². The molecule has 134 valence electrons. The van der Waals surface area contributed by atoms with Gasteiger partial charge in [-0.05, 0) is 63.6 Å². The molecule has 0 aromatic heterocycles. The Balaban J connectivity index is 1.70. The number of nitriles is 1. The minimum absolute atomic E-state index is 0.235. The number of nitrogens with one attached hydrogen (secondary N) is 1. The largest absolute Gasteiger partial charge is 0.324 e. The average molecular weight is 442 g/mol. The van der Waals surface area contributed by atoms with E-state index >= 15 is 0 Å². The Morgan fingerprint density at radius 1 is 1.19 bits per heavy atom. The number of amides is 3. The van der Waals surface area contributed by atoms with Crippen LogP contribution in [-0.2, 0) is 9.59 Å². The Hall–Kier alpha value is -2.89. The van der Waals surface area contributed by atoms with E-state index in [0.29, 0.717) is 21.3 Å². The molecule has 2 aromatic carbocycles. The van der Waals surface area contributed by atoms with Crippen LogP contribution in [0.4, 0.5) is 10.5 Å². The summed E-state index contributed by atoms with van der Waals surface area (Å²) in [6.07, 6.45) is 1.57. The molecule has 1 aliphatic rings. The topological polar surface area (TPSA) is 90.3 Å². The van der Waals surface area contributed by atoms with Crippen molar-refractivity contribution in [2.24, 2.45) is 0 Å². The highest BCUT2D eigenvalue weighted by atomic mass is 79.9. The Morgan fingerprint density at radius 3 is 2.56 bits per heavy atom. The molecular formula is C19H12BrN3O3S. The van der Waals surface area contributed by atoms with Gasteiger partial charge in [-0.1, -0.05) is 24.3 Å². The number of thioether (sulfide) groups is 1. The van der Waals surface area contributed by atoms with Crippen LogP contribution in [0.5, 0.6) is 0 Å². The molecule has 0 bridgehead atoms. The van der Waals surface area contributed by atoms with Crippen LogP contribution in [-0.4, -0.2) is 28.5 Å². The number of rotatable bonds is 4. The van der Waals surface area contributed by atoms with Gasteiger partial charge in [-0.15, -0.1) is 0 Å². The lowest BCUT2D eigenvalue weighted by molar-refractivity contribution is -0.127. The Morgan fingerprint density at radius 2 is 1.89 bits per heavy atom. The minimum Gasteiger partial charge on any atom is -0.324 e. The van der Waals surface area contributed by atoms with Crippen molar-refractivity contribution in [2.75, 3.05) is 11.9 Å². The maximum Gasteiger partial charge on any atom is 0.294 e. The number of imide groups is 1. The molecule has 27 heavy (non-hydrogen) atoms. The van der Waals surface area contributed by atoms with Crippen molar-refractivity contribution in [1.29, 1.82) is 5.26 Å². The first-order chi connectivity index (χ1) is 13.0. The van der Waals surface area contributed by atoms with Gasteiger partial charge in [0.1, 0.15) is 6.54 Å². The van der Waals surface area contributed by atoms with Crippen LogP contribution < -0.4 is 5.32 Å². The van der Waals surface area contributed by atoms with Gasteiger partial charge in [-0.25, -0.2) is 0 Å². The van der Waals surface area contributed by atoms with E-state index in [0.717, 1.165) is 16.7 Å². The summed E-state index contributed by atoms with van der Waals surface area (Å²) in [4.78, 5) is 38.0. The van der Waals surface area contributed by atoms with Crippen LogP contribution in [0.2, 0.25) is 0 Å². The molecule has 2 aromatic rings. The summed E-state index contributed by atoms with van der Waals surface area (Å²) in [6, 6.07) is 15.7. The van der Waals surface area contributed by atoms with Crippen molar-refractivity contribution in [3.05, 3.63) is 69.0 Å². The number of benzene rings is 2. The molecule has 1 saturated heterocycles. The highest BCUT2D eigenvalue weighted by molar-refractivity contribution is 9.10. The Kier molecular flexibility index (Phi) is 5.74. The zero-order valence-corrected chi connectivity index (χ0v) is 16.2. The van der Waals surface area contributed by atoms with Gasteiger partial charge in [0.25, 0.3) is 11.1 Å². The summed E-state index contributed by atoms with van der Waals surface area (Å²) >= 11 is 4.10. The van der Waals surface area contributed by atoms with Gasteiger partial charge in [-0.2, -0.15) is 5.26 Å². The maximum atomic E-state index is 12.5. The van der Waals surface area contributed by atoms with E-state index in [1.165, 1.54) is 0 Å². The van der Waals surface area contributed by atoms with Gasteiger partial charge in [0.2, 0.25) is 5.91 Å². The summed E-state index contributed by atoms with van der Waals surface area (Å²) in [5, 5.41) is 11.0. The van der Waals surface area contributed by atoms with Crippen LogP contribution in [0.1, 0.15) is 11.1 Å². The summed E-state index contributed by atoms with van der Waals surface area (Å²) in [6.45, 7) is -0.364. The number of carbonyl (C=O) groups excluding carboxylic acids is 3. The van der Waals surface area contributed by atoms with E-state index in [1.54, 1.807) is 48.5 Å². The van der Waals surface area contributed by atoms with Gasteiger partial charge in [0, 0.05) is 4.47 Å². The quantitative estimate of drug-likeness (QED) is 0.724. The summed E-state index contributed by atoms with van der Waals surface area (Å²) in [5.74, 6) is -0.986. The van der Waals surface area contributed by atoms with Gasteiger partial charge < -0.3 is 5.32 Å². The molecule has 6 nitrogen and oxygen atoms in total. The van der Waals surface area contributed by atoms with Crippen molar-refractivity contribution in [1.82, 2.24) is 4.90 Å². The zero-order chi connectivity index (χ0) is 19.4. The second-order valence-electron chi connectivity index (χ2n) is 5.53. The van der Waals surface area contributed by atoms with Crippen molar-refractivity contribution in [2.45, 2.75) is 0 Å². The smallest absolute Gasteiger partial charge is 0.294 e. The highest BCUT2D eigenvalue weighted by Gasteiger charge is 2.36. The fourth-order valence-corrected chi connectivity index (χ4v) is 3.56. The third-order valence-corrected chi connectivity index (χ3v) is 5.26. The van der Waals surface area contributed by atoms with E-state index in [4.69, 9.17) is 5.26 Å². The molecule has 0 saturated carbocycles. The fourth-order valence-electron chi connectivity index (χ4n) is 2.34. The first-order valence-electron chi connectivity index (χ1n) is 7.78. The lowest BCUT2D eigenvalue weighted by Gasteiger charge is -2.13. The van der Waals surface area contributed by atoms with Gasteiger partial charge in [0.15, 0.2) is 0 Å². The second-order valence-corrected chi connectivity index (χ2v) is 7.38. The molecule has 0 unspecified atom stereocenters. The van der Waals surface area contributed by atoms with Crippen LogP contribution >= 0.6 is 27.7 Å². The van der Waals surface area contributed by atoms with Crippen molar-refractivity contribution >= 4 is 56.5 Å². The molecule has 1 N–H and O–H groups in total. The van der Waals surface area contributed by atoms with Crippen LogP contribution in [0.3, 0.4) is 0 Å². The number of hydrogen-bond acceptors (Lipinski definition) is 5. The monoisotopic (exact) mass is 441 g/mol. The standard InChI is InChI=1S/C19H12BrN3O3S/c20-14-3-1-2-4-15(14)22-17(24)11-23-18(25)16(27-19(23)26)9-12-5-7-13(10-21)8-6-12/h1-9H,11H2,(H,22,24)/b16-9+. The number of carbonyl (C=O) groups is 3. The molecule has 8 heteroatoms. The molecule has 1 heterocycles. The van der Waals surface area contributed by atoms with Crippen molar-refractivity contribution < 1.29 is 14.4 Å². The van der Waals surface area contributed by atoms with E-state index in [-0.39, 0.29) is 11.4 Å². The molecule has 1 fully saturated rings. The number of anilines is 1. The first-order valence-corrected chi connectivity index (χ1v) is 9.39. The molecule has 0 atom stereocenters. The second kappa shape index (κ2) is 8.20. The van der Waals surface area contributed by atoms with Crippen molar-refractivity contribution in [3.63, 3.8) is 0 Å². The molecule has 0 aliphatic carbocycles. The normalized spacial score (nSPS) is 15.1. The molecular weight excluding hydrogens is 430 g/mol. The summed E-state index contributed by atoms with van der Waals surface area (Å²) in [7, 11) is 0. The molecule has 0 spiro atoms. The number of nitrogens with zero attached hydrogens (tertiary/aromatic N) is 2. The van der Waals surface area contributed by atoms with Gasteiger partial charge in [0.05, 0.1) is 22.2 Å². The predicted octanol–water partition coefficient (Wildman–Crippen LogP) is 4.00. The number of hydrogen-bond donors (Lipinski definition) is 1. The van der Waals surface area contributed by atoms with E-state index in [9.17, 15) is 14.4 Å². The average Bonchev–Trinajstić information content (AvgIpc) is 2.91. The number of para-hydroxylation sites is 1. The zero-order valence-electron chi connectivity index (χ0n) is 13.8. The SMILES string of the molecule is N#Cc1ccc(/C=C2/SC(=O)N(CC(=O)Nc3ccccc3Br)C2=O)cc1. The Labute approximate surface area is 168 Å².